The highest BCUT2D eigenvalue weighted by Crippen LogP contribution is 2.21. The highest BCUT2D eigenvalue weighted by atomic mass is 32.2. The lowest BCUT2D eigenvalue weighted by molar-refractivity contribution is 0.0693. The molecule has 1 rings (SSSR count). The predicted molar refractivity (Wildman–Crippen MR) is 45.1 cm³/mol. The maximum absolute atomic E-state index is 12.6. The van der Waals surface area contributed by atoms with Crippen LogP contribution in [0.5, 0.6) is 0 Å². The van der Waals surface area contributed by atoms with Crippen LogP contribution in [0.3, 0.4) is 0 Å². The number of aromatic carboxylic acids is 1. The number of carbonyl (C=O) groups is 1. The molecule has 0 heterocycles. The molecule has 0 bridgehead atoms. The van der Waals surface area contributed by atoms with Crippen molar-refractivity contribution in [1.29, 1.82) is 0 Å². The van der Waals surface area contributed by atoms with Gasteiger partial charge in [0, 0.05) is 4.90 Å². The zero-order chi connectivity index (χ0) is 9.14. The molecule has 0 aromatic heterocycles. The molecule has 0 atom stereocenters. The second-order valence-corrected chi connectivity index (χ2v) is 3.00. The Hall–Kier alpha value is -1.03. The van der Waals surface area contributed by atoms with Crippen LogP contribution < -0.4 is 0 Å². The van der Waals surface area contributed by atoms with E-state index in [9.17, 15) is 9.18 Å². The molecule has 0 saturated carbocycles. The smallest absolute Gasteiger partial charge is 0.336 e. The average Bonchev–Trinajstić information content (AvgIpc) is 2.03. The third kappa shape index (κ3) is 1.76. The molecule has 0 aliphatic rings. The van der Waals surface area contributed by atoms with Gasteiger partial charge in [-0.25, -0.2) is 9.18 Å². The van der Waals surface area contributed by atoms with Gasteiger partial charge >= 0.3 is 5.97 Å². The molecule has 12 heavy (non-hydrogen) atoms. The minimum atomic E-state index is -1.03. The summed E-state index contributed by atoms with van der Waals surface area (Å²) in [5, 5.41) is 8.65. The summed E-state index contributed by atoms with van der Waals surface area (Å²) >= 11 is 1.22. The standard InChI is InChI=1S/C8H7FO2S/c1-12-7-4-5(9)2-3-6(7)8(10)11/h2-4H,1H3,(H,10,11). The molecule has 1 aromatic carbocycles. The van der Waals surface area contributed by atoms with Crippen LogP contribution in [-0.2, 0) is 0 Å². The van der Waals surface area contributed by atoms with Gasteiger partial charge in [-0.2, -0.15) is 0 Å². The zero-order valence-electron chi connectivity index (χ0n) is 6.37. The molecule has 64 valence electrons. The van der Waals surface area contributed by atoms with Gasteiger partial charge in [0.1, 0.15) is 5.82 Å². The number of carboxylic acid groups (broad SMARTS) is 1. The van der Waals surface area contributed by atoms with Crippen molar-refractivity contribution < 1.29 is 14.3 Å². The van der Waals surface area contributed by atoms with Crippen molar-refractivity contribution >= 4 is 17.7 Å². The van der Waals surface area contributed by atoms with Crippen molar-refractivity contribution in [3.8, 4) is 0 Å². The minimum absolute atomic E-state index is 0.143. The van der Waals surface area contributed by atoms with Gasteiger partial charge in [-0.15, -0.1) is 11.8 Å². The Morgan fingerprint density at radius 1 is 1.58 bits per heavy atom. The summed E-state index contributed by atoms with van der Waals surface area (Å²) in [6, 6.07) is 3.63. The number of halogens is 1. The van der Waals surface area contributed by atoms with E-state index in [1.807, 2.05) is 0 Å². The number of hydrogen-bond acceptors (Lipinski definition) is 2. The molecule has 1 aromatic rings. The van der Waals surface area contributed by atoms with Gasteiger partial charge in [0.2, 0.25) is 0 Å². The molecule has 0 fully saturated rings. The first kappa shape index (κ1) is 9.06. The van der Waals surface area contributed by atoms with Crippen LogP contribution in [0.2, 0.25) is 0 Å². The Bertz CT molecular complexity index is 312. The molecule has 0 radical (unpaired) electrons. The van der Waals surface area contributed by atoms with Gasteiger partial charge in [-0.3, -0.25) is 0 Å². The fourth-order valence-electron chi connectivity index (χ4n) is 0.842. The Morgan fingerprint density at radius 3 is 2.75 bits per heavy atom. The van der Waals surface area contributed by atoms with Crippen LogP contribution in [0.1, 0.15) is 10.4 Å². The maximum atomic E-state index is 12.6. The Kier molecular flexibility index (Phi) is 2.70. The number of thioether (sulfide) groups is 1. The fourth-order valence-corrected chi connectivity index (χ4v) is 1.45. The SMILES string of the molecule is CSc1cc(F)ccc1C(=O)O. The van der Waals surface area contributed by atoms with Crippen LogP contribution in [0.25, 0.3) is 0 Å². The molecule has 0 aliphatic carbocycles. The third-order valence-corrected chi connectivity index (χ3v) is 2.17. The molecule has 4 heteroatoms. The molecule has 1 N–H and O–H groups in total. The van der Waals surface area contributed by atoms with E-state index in [-0.39, 0.29) is 5.56 Å². The lowest BCUT2D eigenvalue weighted by Gasteiger charge is -2.01. The van der Waals surface area contributed by atoms with E-state index in [2.05, 4.69) is 0 Å². The summed E-state index contributed by atoms with van der Waals surface area (Å²) in [5.41, 5.74) is 0.143. The number of hydrogen-bond donors (Lipinski definition) is 1. The van der Waals surface area contributed by atoms with Crippen LogP contribution in [0.4, 0.5) is 4.39 Å². The number of benzene rings is 1. The largest absolute Gasteiger partial charge is 0.478 e. The van der Waals surface area contributed by atoms with Crippen LogP contribution in [0.15, 0.2) is 23.1 Å². The summed E-state index contributed by atoms with van der Waals surface area (Å²) in [5.74, 6) is -1.44. The normalized spacial score (nSPS) is 9.83. The summed E-state index contributed by atoms with van der Waals surface area (Å²) in [6.07, 6.45) is 1.71. The summed E-state index contributed by atoms with van der Waals surface area (Å²) in [4.78, 5) is 11.0. The first-order valence-electron chi connectivity index (χ1n) is 3.22. The monoisotopic (exact) mass is 186 g/mol. The van der Waals surface area contributed by atoms with Crippen molar-refractivity contribution in [1.82, 2.24) is 0 Å². The zero-order valence-corrected chi connectivity index (χ0v) is 7.19. The maximum Gasteiger partial charge on any atom is 0.336 e. The van der Waals surface area contributed by atoms with Crippen molar-refractivity contribution in [3.63, 3.8) is 0 Å². The van der Waals surface area contributed by atoms with E-state index in [4.69, 9.17) is 5.11 Å². The predicted octanol–water partition coefficient (Wildman–Crippen LogP) is 2.25. The van der Waals surface area contributed by atoms with Crippen molar-refractivity contribution in [2.24, 2.45) is 0 Å². The van der Waals surface area contributed by atoms with Crippen molar-refractivity contribution in [2.75, 3.05) is 6.26 Å². The third-order valence-electron chi connectivity index (χ3n) is 1.39. The highest BCUT2D eigenvalue weighted by Gasteiger charge is 2.09. The topological polar surface area (TPSA) is 37.3 Å². The lowest BCUT2D eigenvalue weighted by atomic mass is 10.2. The molecule has 0 saturated heterocycles. The first-order chi connectivity index (χ1) is 5.65. The van der Waals surface area contributed by atoms with Gasteiger partial charge < -0.3 is 5.11 Å². The number of rotatable bonds is 2. The van der Waals surface area contributed by atoms with Crippen molar-refractivity contribution in [3.05, 3.63) is 29.6 Å². The quantitative estimate of drug-likeness (QED) is 0.720. The van der Waals surface area contributed by atoms with Gasteiger partial charge in [0.15, 0.2) is 0 Å². The molecular weight excluding hydrogens is 179 g/mol. The second kappa shape index (κ2) is 3.58. The van der Waals surface area contributed by atoms with E-state index in [0.717, 1.165) is 6.07 Å². The lowest BCUT2D eigenvalue weighted by Crippen LogP contribution is -1.98. The van der Waals surface area contributed by atoms with E-state index in [1.165, 1.54) is 23.9 Å². The molecule has 0 aliphatic heterocycles. The average molecular weight is 186 g/mol. The molecule has 0 amide bonds. The highest BCUT2D eigenvalue weighted by molar-refractivity contribution is 7.98. The number of carboxylic acids is 1. The van der Waals surface area contributed by atoms with Gasteiger partial charge in [-0.05, 0) is 24.5 Å². The molecule has 2 nitrogen and oxygen atoms in total. The van der Waals surface area contributed by atoms with Gasteiger partial charge in [-0.1, -0.05) is 0 Å². The summed E-state index contributed by atoms with van der Waals surface area (Å²) in [6.45, 7) is 0. The van der Waals surface area contributed by atoms with E-state index >= 15 is 0 Å². The Labute approximate surface area is 73.4 Å². The van der Waals surface area contributed by atoms with E-state index in [1.54, 1.807) is 6.26 Å². The minimum Gasteiger partial charge on any atom is -0.478 e. The molecule has 0 spiro atoms. The van der Waals surface area contributed by atoms with Crippen LogP contribution in [0, 0.1) is 5.82 Å². The van der Waals surface area contributed by atoms with E-state index < -0.39 is 11.8 Å². The van der Waals surface area contributed by atoms with Gasteiger partial charge in [0.05, 0.1) is 5.56 Å². The van der Waals surface area contributed by atoms with Crippen LogP contribution in [-0.4, -0.2) is 17.3 Å². The summed E-state index contributed by atoms with van der Waals surface area (Å²) in [7, 11) is 0. The second-order valence-electron chi connectivity index (χ2n) is 2.15. The Morgan fingerprint density at radius 2 is 2.25 bits per heavy atom. The molecular formula is C8H7FO2S. The van der Waals surface area contributed by atoms with Crippen molar-refractivity contribution in [2.45, 2.75) is 4.90 Å². The molecule has 0 unspecified atom stereocenters. The van der Waals surface area contributed by atoms with Gasteiger partial charge in [0.25, 0.3) is 0 Å². The van der Waals surface area contributed by atoms with Crippen LogP contribution >= 0.6 is 11.8 Å². The summed E-state index contributed by atoms with van der Waals surface area (Å²) < 4.78 is 12.6. The fraction of sp³-hybridized carbons (Fsp3) is 0.125. The Balaban J connectivity index is 3.20. The first-order valence-corrected chi connectivity index (χ1v) is 4.44. The van der Waals surface area contributed by atoms with E-state index in [0.29, 0.717) is 4.90 Å².